The van der Waals surface area contributed by atoms with Crippen LogP contribution < -0.4 is 15.8 Å². The monoisotopic (exact) mass is 373 g/mol. The van der Waals surface area contributed by atoms with Crippen molar-refractivity contribution < 1.29 is 13.2 Å². The highest BCUT2D eigenvalue weighted by Crippen LogP contribution is 2.31. The third-order valence-electron chi connectivity index (χ3n) is 4.54. The topological polar surface area (TPSA) is 101 Å². The number of carbonyl (C=O) groups excluding carboxylic acids is 1. The molecule has 1 fully saturated rings. The van der Waals surface area contributed by atoms with E-state index in [-0.39, 0.29) is 16.8 Å². The molecule has 0 aliphatic heterocycles. The Labute approximate surface area is 153 Å². The van der Waals surface area contributed by atoms with Gasteiger partial charge in [-0.05, 0) is 61.6 Å². The van der Waals surface area contributed by atoms with Crippen LogP contribution in [-0.4, -0.2) is 26.9 Å². The van der Waals surface area contributed by atoms with E-state index in [9.17, 15) is 13.2 Å². The van der Waals surface area contributed by atoms with Crippen LogP contribution in [0.5, 0.6) is 0 Å². The Hall–Kier alpha value is -2.38. The van der Waals surface area contributed by atoms with Crippen molar-refractivity contribution in [1.29, 1.82) is 0 Å². The van der Waals surface area contributed by atoms with Gasteiger partial charge in [0.05, 0.1) is 10.6 Å². The normalized spacial score (nSPS) is 15.3. The smallest absolute Gasteiger partial charge is 0.261 e. The van der Waals surface area contributed by atoms with Gasteiger partial charge in [-0.25, -0.2) is 8.42 Å². The van der Waals surface area contributed by atoms with Gasteiger partial charge < -0.3 is 11.1 Å². The molecule has 0 aromatic heterocycles. The standard InChI is InChI=1S/C19H23N3O3S/c1-13-4-2-3-5-18(13)22-26(24,25)16-10-8-15(9-11-16)19(23)21-12-17(20)14-6-7-14/h2-5,8-11,14,17,22H,6-7,12,20H2,1H3,(H,21,23). The Morgan fingerprint density at radius 3 is 2.42 bits per heavy atom. The maximum Gasteiger partial charge on any atom is 0.261 e. The molecule has 1 atom stereocenters. The Balaban J connectivity index is 1.66. The first-order valence-corrected chi connectivity index (χ1v) is 10.1. The minimum Gasteiger partial charge on any atom is -0.350 e. The lowest BCUT2D eigenvalue weighted by atomic mass is 10.2. The first-order valence-electron chi connectivity index (χ1n) is 8.59. The van der Waals surface area contributed by atoms with Crippen LogP contribution >= 0.6 is 0 Å². The summed E-state index contributed by atoms with van der Waals surface area (Å²) in [4.78, 5) is 12.3. The minimum atomic E-state index is -3.71. The van der Waals surface area contributed by atoms with E-state index in [1.807, 2.05) is 19.1 Å². The van der Waals surface area contributed by atoms with Crippen molar-refractivity contribution in [2.75, 3.05) is 11.3 Å². The Bertz CT molecular complexity index is 891. The molecule has 1 amide bonds. The highest BCUT2D eigenvalue weighted by Gasteiger charge is 2.28. The summed E-state index contributed by atoms with van der Waals surface area (Å²) in [6, 6.07) is 13.0. The lowest BCUT2D eigenvalue weighted by molar-refractivity contribution is 0.0950. The van der Waals surface area contributed by atoms with Gasteiger partial charge in [0, 0.05) is 18.2 Å². The molecule has 2 aromatic rings. The van der Waals surface area contributed by atoms with Crippen LogP contribution in [0.3, 0.4) is 0 Å². The summed E-state index contributed by atoms with van der Waals surface area (Å²) in [5.74, 6) is 0.257. The van der Waals surface area contributed by atoms with E-state index in [1.165, 1.54) is 24.3 Å². The molecule has 0 saturated heterocycles. The number of hydrogen-bond donors (Lipinski definition) is 3. The molecule has 4 N–H and O–H groups in total. The number of aryl methyl sites for hydroxylation is 1. The molecule has 1 unspecified atom stereocenters. The van der Waals surface area contributed by atoms with E-state index in [1.54, 1.807) is 12.1 Å². The zero-order valence-electron chi connectivity index (χ0n) is 14.6. The van der Waals surface area contributed by atoms with Crippen molar-refractivity contribution in [3.63, 3.8) is 0 Å². The van der Waals surface area contributed by atoms with Gasteiger partial charge in [-0.15, -0.1) is 0 Å². The number of benzene rings is 2. The number of para-hydroxylation sites is 1. The van der Waals surface area contributed by atoms with Gasteiger partial charge in [0.25, 0.3) is 15.9 Å². The second kappa shape index (κ2) is 7.47. The second-order valence-electron chi connectivity index (χ2n) is 6.66. The highest BCUT2D eigenvalue weighted by atomic mass is 32.2. The van der Waals surface area contributed by atoms with Crippen molar-refractivity contribution in [3.05, 3.63) is 59.7 Å². The number of hydrogen-bond acceptors (Lipinski definition) is 4. The average Bonchev–Trinajstić information content (AvgIpc) is 3.46. The molecule has 0 bridgehead atoms. The lowest BCUT2D eigenvalue weighted by Gasteiger charge is -2.12. The van der Waals surface area contributed by atoms with E-state index in [4.69, 9.17) is 5.73 Å². The fourth-order valence-corrected chi connectivity index (χ4v) is 3.81. The Morgan fingerprint density at radius 1 is 1.15 bits per heavy atom. The van der Waals surface area contributed by atoms with Crippen LogP contribution in [0, 0.1) is 12.8 Å². The van der Waals surface area contributed by atoms with Gasteiger partial charge in [-0.2, -0.15) is 0 Å². The van der Waals surface area contributed by atoms with E-state index in [0.717, 1.165) is 18.4 Å². The molecule has 7 heteroatoms. The molecule has 0 radical (unpaired) electrons. The molecular weight excluding hydrogens is 350 g/mol. The van der Waals surface area contributed by atoms with E-state index in [0.29, 0.717) is 23.7 Å². The van der Waals surface area contributed by atoms with Crippen molar-refractivity contribution in [1.82, 2.24) is 5.32 Å². The minimum absolute atomic E-state index is 0.0167. The summed E-state index contributed by atoms with van der Waals surface area (Å²) in [5, 5.41) is 2.80. The average molecular weight is 373 g/mol. The van der Waals surface area contributed by atoms with Crippen molar-refractivity contribution in [3.8, 4) is 0 Å². The quantitative estimate of drug-likeness (QED) is 0.693. The highest BCUT2D eigenvalue weighted by molar-refractivity contribution is 7.92. The fraction of sp³-hybridized carbons (Fsp3) is 0.316. The molecule has 2 aromatic carbocycles. The first-order chi connectivity index (χ1) is 12.4. The van der Waals surface area contributed by atoms with Crippen LogP contribution in [0.2, 0.25) is 0 Å². The summed E-state index contributed by atoms with van der Waals surface area (Å²) in [6.45, 7) is 2.26. The van der Waals surface area contributed by atoms with Gasteiger partial charge in [-0.1, -0.05) is 18.2 Å². The van der Waals surface area contributed by atoms with Crippen LogP contribution in [-0.2, 0) is 10.0 Å². The van der Waals surface area contributed by atoms with Gasteiger partial charge in [-0.3, -0.25) is 9.52 Å². The summed E-state index contributed by atoms with van der Waals surface area (Å²) in [6.07, 6.45) is 2.25. The summed E-state index contributed by atoms with van der Waals surface area (Å²) >= 11 is 0. The summed E-state index contributed by atoms with van der Waals surface area (Å²) < 4.78 is 27.6. The fourth-order valence-electron chi connectivity index (χ4n) is 2.68. The third kappa shape index (κ3) is 4.42. The predicted molar refractivity (Wildman–Crippen MR) is 101 cm³/mol. The van der Waals surface area contributed by atoms with Gasteiger partial charge >= 0.3 is 0 Å². The molecule has 1 saturated carbocycles. The number of nitrogens with two attached hydrogens (primary N) is 1. The molecule has 26 heavy (non-hydrogen) atoms. The van der Waals surface area contributed by atoms with Crippen LogP contribution in [0.4, 0.5) is 5.69 Å². The summed E-state index contributed by atoms with van der Waals surface area (Å²) in [5.41, 5.74) is 7.74. The number of anilines is 1. The Morgan fingerprint density at radius 2 is 1.81 bits per heavy atom. The van der Waals surface area contributed by atoms with Crippen molar-refractivity contribution in [2.24, 2.45) is 11.7 Å². The zero-order valence-corrected chi connectivity index (χ0v) is 15.4. The van der Waals surface area contributed by atoms with E-state index >= 15 is 0 Å². The molecule has 3 rings (SSSR count). The molecule has 1 aliphatic rings. The van der Waals surface area contributed by atoms with Gasteiger partial charge in [0.1, 0.15) is 0 Å². The number of carbonyl (C=O) groups is 1. The zero-order chi connectivity index (χ0) is 18.7. The second-order valence-corrected chi connectivity index (χ2v) is 8.34. The van der Waals surface area contributed by atoms with E-state index < -0.39 is 10.0 Å². The molecular formula is C19H23N3O3S. The molecule has 6 nitrogen and oxygen atoms in total. The predicted octanol–water partition coefficient (Wildman–Crippen LogP) is 2.26. The lowest BCUT2D eigenvalue weighted by Crippen LogP contribution is -2.38. The van der Waals surface area contributed by atoms with Crippen molar-refractivity contribution >= 4 is 21.6 Å². The van der Waals surface area contributed by atoms with E-state index in [2.05, 4.69) is 10.0 Å². The number of rotatable bonds is 7. The molecule has 138 valence electrons. The van der Waals surface area contributed by atoms with Crippen molar-refractivity contribution in [2.45, 2.75) is 30.7 Å². The van der Waals surface area contributed by atoms with Crippen LogP contribution in [0.1, 0.15) is 28.8 Å². The Kier molecular flexibility index (Phi) is 5.29. The van der Waals surface area contributed by atoms with Gasteiger partial charge in [0.15, 0.2) is 0 Å². The summed E-state index contributed by atoms with van der Waals surface area (Å²) in [7, 11) is -3.71. The van der Waals surface area contributed by atoms with Crippen LogP contribution in [0.25, 0.3) is 0 Å². The first kappa shape index (κ1) is 18.4. The largest absolute Gasteiger partial charge is 0.350 e. The third-order valence-corrected chi connectivity index (χ3v) is 5.92. The number of nitrogens with one attached hydrogen (secondary N) is 2. The molecule has 1 aliphatic carbocycles. The maximum absolute atomic E-state index is 12.5. The molecule has 0 spiro atoms. The molecule has 0 heterocycles. The number of amides is 1. The number of sulfonamides is 1. The van der Waals surface area contributed by atoms with Gasteiger partial charge in [0.2, 0.25) is 0 Å². The maximum atomic E-state index is 12.5. The van der Waals surface area contributed by atoms with Crippen LogP contribution in [0.15, 0.2) is 53.4 Å². The SMILES string of the molecule is Cc1ccccc1NS(=O)(=O)c1ccc(C(=O)NCC(N)C2CC2)cc1.